The zero-order valence-electron chi connectivity index (χ0n) is 9.69. The first kappa shape index (κ1) is 12.1. The second-order valence-electron chi connectivity index (χ2n) is 3.80. The molecule has 2 rings (SSSR count). The molecule has 0 aliphatic heterocycles. The molecule has 2 nitrogen and oxygen atoms in total. The highest BCUT2D eigenvalue weighted by molar-refractivity contribution is 9.10. The first-order valence-electron chi connectivity index (χ1n) is 5.59. The van der Waals surface area contributed by atoms with Gasteiger partial charge in [-0.2, -0.15) is 0 Å². The standard InChI is InChI=1S/C14H14BrNO/c1-2-11-3-5-12(6-4-11)10-17-14-7-13(15)8-16-9-14/h3-9H,2,10H2,1H3. The van der Waals surface area contributed by atoms with Gasteiger partial charge >= 0.3 is 0 Å². The van der Waals surface area contributed by atoms with Gasteiger partial charge in [0, 0.05) is 10.7 Å². The number of aryl methyl sites for hydroxylation is 1. The van der Waals surface area contributed by atoms with Gasteiger partial charge in [0.25, 0.3) is 0 Å². The van der Waals surface area contributed by atoms with Gasteiger partial charge in [-0.15, -0.1) is 0 Å². The van der Waals surface area contributed by atoms with Crippen molar-refractivity contribution in [3.8, 4) is 5.75 Å². The third-order valence-electron chi connectivity index (χ3n) is 2.52. The molecule has 0 saturated carbocycles. The summed E-state index contributed by atoms with van der Waals surface area (Å²) in [7, 11) is 0. The van der Waals surface area contributed by atoms with Crippen molar-refractivity contribution in [1.29, 1.82) is 0 Å². The molecule has 0 radical (unpaired) electrons. The Labute approximate surface area is 110 Å². The Morgan fingerprint density at radius 3 is 2.47 bits per heavy atom. The first-order valence-corrected chi connectivity index (χ1v) is 6.38. The maximum Gasteiger partial charge on any atom is 0.139 e. The van der Waals surface area contributed by atoms with Gasteiger partial charge in [0.2, 0.25) is 0 Å². The fourth-order valence-electron chi connectivity index (χ4n) is 1.51. The van der Waals surface area contributed by atoms with Gasteiger partial charge in [-0.25, -0.2) is 0 Å². The molecular formula is C14H14BrNO. The van der Waals surface area contributed by atoms with E-state index in [0.717, 1.165) is 16.6 Å². The molecule has 0 spiro atoms. The summed E-state index contributed by atoms with van der Waals surface area (Å²) in [6.45, 7) is 2.72. The van der Waals surface area contributed by atoms with Crippen LogP contribution in [0.2, 0.25) is 0 Å². The molecule has 0 aliphatic carbocycles. The van der Waals surface area contributed by atoms with Crippen molar-refractivity contribution in [2.24, 2.45) is 0 Å². The molecular weight excluding hydrogens is 278 g/mol. The fourth-order valence-corrected chi connectivity index (χ4v) is 1.85. The molecule has 0 N–H and O–H groups in total. The minimum absolute atomic E-state index is 0.572. The van der Waals surface area contributed by atoms with Gasteiger partial charge < -0.3 is 4.74 Å². The molecule has 0 amide bonds. The third kappa shape index (κ3) is 3.56. The second-order valence-corrected chi connectivity index (χ2v) is 4.71. The number of hydrogen-bond donors (Lipinski definition) is 0. The molecule has 1 aromatic carbocycles. The van der Waals surface area contributed by atoms with Crippen molar-refractivity contribution in [3.63, 3.8) is 0 Å². The molecule has 0 bridgehead atoms. The minimum Gasteiger partial charge on any atom is -0.487 e. The van der Waals surface area contributed by atoms with Crippen molar-refractivity contribution in [3.05, 3.63) is 58.3 Å². The third-order valence-corrected chi connectivity index (χ3v) is 2.95. The number of pyridine rings is 1. The van der Waals surface area contributed by atoms with Crippen LogP contribution in [0, 0.1) is 0 Å². The molecule has 2 aromatic rings. The van der Waals surface area contributed by atoms with Crippen LogP contribution in [0.5, 0.6) is 5.75 Å². The van der Waals surface area contributed by atoms with Crippen molar-refractivity contribution >= 4 is 15.9 Å². The van der Waals surface area contributed by atoms with E-state index >= 15 is 0 Å². The number of halogens is 1. The van der Waals surface area contributed by atoms with Crippen molar-refractivity contribution in [1.82, 2.24) is 4.98 Å². The molecule has 0 saturated heterocycles. The van der Waals surface area contributed by atoms with E-state index in [9.17, 15) is 0 Å². The number of rotatable bonds is 4. The summed E-state index contributed by atoms with van der Waals surface area (Å²) in [4.78, 5) is 4.05. The summed E-state index contributed by atoms with van der Waals surface area (Å²) in [6, 6.07) is 10.4. The van der Waals surface area contributed by atoms with Gasteiger partial charge in [0.1, 0.15) is 12.4 Å². The molecule has 17 heavy (non-hydrogen) atoms. The number of hydrogen-bond acceptors (Lipinski definition) is 2. The monoisotopic (exact) mass is 291 g/mol. The van der Waals surface area contributed by atoms with E-state index in [0.29, 0.717) is 6.61 Å². The Hall–Kier alpha value is -1.35. The summed E-state index contributed by atoms with van der Waals surface area (Å²) in [5.74, 6) is 0.777. The Kier molecular flexibility index (Phi) is 4.15. The van der Waals surface area contributed by atoms with E-state index in [1.54, 1.807) is 12.4 Å². The lowest BCUT2D eigenvalue weighted by atomic mass is 10.1. The largest absolute Gasteiger partial charge is 0.487 e. The summed E-state index contributed by atoms with van der Waals surface area (Å²) in [5, 5.41) is 0. The average molecular weight is 292 g/mol. The molecule has 88 valence electrons. The van der Waals surface area contributed by atoms with Crippen LogP contribution in [0.15, 0.2) is 47.2 Å². The predicted octanol–water partition coefficient (Wildman–Crippen LogP) is 3.99. The Balaban J connectivity index is 1.97. The molecule has 1 heterocycles. The molecule has 0 atom stereocenters. The van der Waals surface area contributed by atoms with Gasteiger partial charge in [-0.3, -0.25) is 4.98 Å². The molecule has 0 aliphatic rings. The highest BCUT2D eigenvalue weighted by Crippen LogP contribution is 2.17. The smallest absolute Gasteiger partial charge is 0.139 e. The summed E-state index contributed by atoms with van der Waals surface area (Å²) in [6.07, 6.45) is 4.52. The van der Waals surface area contributed by atoms with Crippen LogP contribution in [0.4, 0.5) is 0 Å². The molecule has 3 heteroatoms. The minimum atomic E-state index is 0.572. The van der Waals surface area contributed by atoms with E-state index in [1.807, 2.05) is 6.07 Å². The van der Waals surface area contributed by atoms with Crippen LogP contribution >= 0.6 is 15.9 Å². The van der Waals surface area contributed by atoms with Crippen LogP contribution < -0.4 is 4.74 Å². The topological polar surface area (TPSA) is 22.1 Å². The summed E-state index contributed by atoms with van der Waals surface area (Å²) >= 11 is 3.36. The lowest BCUT2D eigenvalue weighted by Gasteiger charge is -2.06. The number of nitrogens with zero attached hydrogens (tertiary/aromatic N) is 1. The number of aromatic nitrogens is 1. The van der Waals surface area contributed by atoms with Gasteiger partial charge in [-0.05, 0) is 39.5 Å². The predicted molar refractivity (Wildman–Crippen MR) is 72.1 cm³/mol. The molecule has 0 fully saturated rings. The first-order chi connectivity index (χ1) is 8.28. The number of ether oxygens (including phenoxy) is 1. The van der Waals surface area contributed by atoms with Crippen LogP contribution in [0.1, 0.15) is 18.1 Å². The number of benzene rings is 1. The lowest BCUT2D eigenvalue weighted by molar-refractivity contribution is 0.305. The van der Waals surface area contributed by atoms with Crippen molar-refractivity contribution in [2.75, 3.05) is 0 Å². The van der Waals surface area contributed by atoms with E-state index < -0.39 is 0 Å². The molecule has 1 aromatic heterocycles. The second kappa shape index (κ2) is 5.82. The van der Waals surface area contributed by atoms with Gasteiger partial charge in [-0.1, -0.05) is 31.2 Å². The fraction of sp³-hybridized carbons (Fsp3) is 0.214. The quantitative estimate of drug-likeness (QED) is 0.850. The highest BCUT2D eigenvalue weighted by atomic mass is 79.9. The summed E-state index contributed by atoms with van der Waals surface area (Å²) in [5.41, 5.74) is 2.51. The SMILES string of the molecule is CCc1ccc(COc2cncc(Br)c2)cc1. The van der Waals surface area contributed by atoms with Crippen molar-refractivity contribution < 1.29 is 4.74 Å². The average Bonchev–Trinajstić information content (AvgIpc) is 2.37. The van der Waals surface area contributed by atoms with Crippen LogP contribution in [0.25, 0.3) is 0 Å². The van der Waals surface area contributed by atoms with Gasteiger partial charge in [0.15, 0.2) is 0 Å². The van der Waals surface area contributed by atoms with E-state index in [4.69, 9.17) is 4.74 Å². The lowest BCUT2D eigenvalue weighted by Crippen LogP contribution is -1.96. The Morgan fingerprint density at radius 1 is 1.12 bits per heavy atom. The maximum atomic E-state index is 5.65. The van der Waals surface area contributed by atoms with E-state index in [1.165, 1.54) is 11.1 Å². The van der Waals surface area contributed by atoms with Crippen LogP contribution in [-0.2, 0) is 13.0 Å². The van der Waals surface area contributed by atoms with Crippen molar-refractivity contribution in [2.45, 2.75) is 20.0 Å². The zero-order chi connectivity index (χ0) is 12.1. The van der Waals surface area contributed by atoms with E-state index in [-0.39, 0.29) is 0 Å². The zero-order valence-corrected chi connectivity index (χ0v) is 11.3. The molecule has 0 unspecified atom stereocenters. The summed E-state index contributed by atoms with van der Waals surface area (Å²) < 4.78 is 6.58. The normalized spacial score (nSPS) is 10.2. The highest BCUT2D eigenvalue weighted by Gasteiger charge is 1.97. The van der Waals surface area contributed by atoms with Crippen LogP contribution in [0.3, 0.4) is 0 Å². The van der Waals surface area contributed by atoms with E-state index in [2.05, 4.69) is 52.1 Å². The van der Waals surface area contributed by atoms with Crippen LogP contribution in [-0.4, -0.2) is 4.98 Å². The van der Waals surface area contributed by atoms with Gasteiger partial charge in [0.05, 0.1) is 6.20 Å². The maximum absolute atomic E-state index is 5.65. The Bertz CT molecular complexity index is 482. The Morgan fingerprint density at radius 2 is 1.82 bits per heavy atom.